The predicted molar refractivity (Wildman–Crippen MR) is 66.0 cm³/mol. The number of likely N-dealkylation sites (N-methyl/N-ethyl adjacent to an activating group) is 1. The monoisotopic (exact) mass is 255 g/mol. The van der Waals surface area contributed by atoms with Gasteiger partial charge in [0.05, 0.1) is 6.61 Å². The second kappa shape index (κ2) is 4.85. The maximum absolute atomic E-state index is 12.4. The minimum Gasteiger partial charge on any atom is -0.366 e. The number of morpholine rings is 1. The number of ether oxygens (including phenoxy) is 1. The third-order valence-corrected chi connectivity index (χ3v) is 3.67. The number of hydrogen-bond donors (Lipinski definition) is 1. The molecule has 1 atom stereocenters. The Kier molecular flexibility index (Phi) is 3.59. The number of rotatable bonds is 1. The van der Waals surface area contributed by atoms with Crippen molar-refractivity contribution >= 4 is 11.8 Å². The van der Waals surface area contributed by atoms with Crippen LogP contribution in [0.3, 0.4) is 0 Å². The maximum Gasteiger partial charge on any atom is 0.253 e. The van der Waals surface area contributed by atoms with Crippen molar-refractivity contribution in [2.75, 3.05) is 39.8 Å². The van der Waals surface area contributed by atoms with Crippen molar-refractivity contribution in [3.05, 3.63) is 0 Å². The molecule has 0 aromatic rings. The molecule has 0 aliphatic carbocycles. The van der Waals surface area contributed by atoms with Crippen LogP contribution in [0.5, 0.6) is 0 Å². The summed E-state index contributed by atoms with van der Waals surface area (Å²) in [4.78, 5) is 27.8. The van der Waals surface area contributed by atoms with Gasteiger partial charge in [0.25, 0.3) is 5.91 Å². The van der Waals surface area contributed by atoms with E-state index >= 15 is 0 Å². The van der Waals surface area contributed by atoms with Crippen molar-refractivity contribution in [1.82, 2.24) is 15.1 Å². The minimum atomic E-state index is -0.787. The number of hydrogen-bond acceptors (Lipinski definition) is 4. The highest BCUT2D eigenvalue weighted by atomic mass is 16.5. The summed E-state index contributed by atoms with van der Waals surface area (Å²) >= 11 is 0. The van der Waals surface area contributed by atoms with Crippen molar-refractivity contribution in [2.45, 2.75) is 25.5 Å². The van der Waals surface area contributed by atoms with E-state index in [1.54, 1.807) is 30.7 Å². The number of piperazine rings is 1. The molecule has 6 nitrogen and oxygen atoms in total. The van der Waals surface area contributed by atoms with Gasteiger partial charge >= 0.3 is 0 Å². The van der Waals surface area contributed by atoms with Crippen LogP contribution in [-0.2, 0) is 14.3 Å². The molecule has 2 aliphatic heterocycles. The fourth-order valence-corrected chi connectivity index (χ4v) is 2.50. The molecule has 0 aromatic carbocycles. The van der Waals surface area contributed by atoms with E-state index in [-0.39, 0.29) is 11.8 Å². The fourth-order valence-electron chi connectivity index (χ4n) is 2.50. The quantitative estimate of drug-likeness (QED) is 0.656. The van der Waals surface area contributed by atoms with Gasteiger partial charge in [-0.25, -0.2) is 0 Å². The van der Waals surface area contributed by atoms with E-state index in [9.17, 15) is 9.59 Å². The second-order valence-electron chi connectivity index (χ2n) is 5.34. The molecular weight excluding hydrogens is 234 g/mol. The van der Waals surface area contributed by atoms with E-state index in [0.717, 1.165) is 6.54 Å². The maximum atomic E-state index is 12.4. The lowest BCUT2D eigenvalue weighted by Gasteiger charge is -2.46. The molecule has 6 heteroatoms. The Balaban J connectivity index is 2.11. The van der Waals surface area contributed by atoms with Gasteiger partial charge in [-0.2, -0.15) is 0 Å². The first-order chi connectivity index (χ1) is 8.44. The molecule has 2 fully saturated rings. The zero-order chi connectivity index (χ0) is 13.3. The molecule has 102 valence electrons. The number of carbonyl (C=O) groups excluding carboxylic acids is 2. The normalized spacial score (nSPS) is 28.4. The van der Waals surface area contributed by atoms with Crippen LogP contribution in [0.25, 0.3) is 0 Å². The number of nitrogens with zero attached hydrogens (tertiary/aromatic N) is 2. The zero-order valence-corrected chi connectivity index (χ0v) is 11.2. The van der Waals surface area contributed by atoms with E-state index in [2.05, 4.69) is 5.32 Å². The molecule has 18 heavy (non-hydrogen) atoms. The van der Waals surface area contributed by atoms with Crippen molar-refractivity contribution in [2.24, 2.45) is 0 Å². The first-order valence-corrected chi connectivity index (χ1v) is 6.34. The minimum absolute atomic E-state index is 0.0223. The van der Waals surface area contributed by atoms with Gasteiger partial charge in [0.1, 0.15) is 11.6 Å². The molecule has 0 unspecified atom stereocenters. The molecule has 0 spiro atoms. The molecule has 2 saturated heterocycles. The molecule has 0 radical (unpaired) electrons. The fraction of sp³-hybridized carbons (Fsp3) is 0.833. The van der Waals surface area contributed by atoms with Gasteiger partial charge < -0.3 is 19.9 Å². The van der Waals surface area contributed by atoms with Gasteiger partial charge in [-0.1, -0.05) is 0 Å². The Hall–Kier alpha value is -1.14. The first kappa shape index (κ1) is 13.3. The molecule has 2 amide bonds. The Morgan fingerprint density at radius 3 is 2.78 bits per heavy atom. The van der Waals surface area contributed by atoms with Crippen molar-refractivity contribution in [3.63, 3.8) is 0 Å². The third kappa shape index (κ3) is 2.22. The van der Waals surface area contributed by atoms with E-state index in [1.165, 1.54) is 0 Å². The van der Waals surface area contributed by atoms with Gasteiger partial charge in [0, 0.05) is 33.2 Å². The Morgan fingerprint density at radius 1 is 1.44 bits per heavy atom. The number of amides is 2. The Morgan fingerprint density at radius 2 is 2.17 bits per heavy atom. The number of nitrogens with one attached hydrogen (secondary N) is 1. The molecule has 2 aliphatic rings. The topological polar surface area (TPSA) is 61.9 Å². The highest BCUT2D eigenvalue weighted by molar-refractivity contribution is 5.93. The predicted octanol–water partition coefficient (Wildman–Crippen LogP) is -0.946. The largest absolute Gasteiger partial charge is 0.366 e. The lowest BCUT2D eigenvalue weighted by atomic mass is 9.97. The van der Waals surface area contributed by atoms with E-state index in [1.807, 2.05) is 0 Å². The van der Waals surface area contributed by atoms with E-state index in [0.29, 0.717) is 26.2 Å². The first-order valence-electron chi connectivity index (χ1n) is 6.34. The van der Waals surface area contributed by atoms with Gasteiger partial charge in [0.15, 0.2) is 0 Å². The summed E-state index contributed by atoms with van der Waals surface area (Å²) in [5, 5.41) is 3.13. The molecule has 1 N–H and O–H groups in total. The SMILES string of the molecule is CN1CCN(C(=O)[C@@H]2CNCCO2)C(C)(C)C1=O. The summed E-state index contributed by atoms with van der Waals surface area (Å²) in [5.74, 6) is -0.112. The summed E-state index contributed by atoms with van der Waals surface area (Å²) in [6, 6.07) is 0. The van der Waals surface area contributed by atoms with Gasteiger partial charge in [-0.05, 0) is 13.8 Å². The lowest BCUT2D eigenvalue weighted by molar-refractivity contribution is -0.164. The van der Waals surface area contributed by atoms with Crippen LogP contribution < -0.4 is 5.32 Å². The van der Waals surface area contributed by atoms with Gasteiger partial charge in [-0.15, -0.1) is 0 Å². The zero-order valence-electron chi connectivity index (χ0n) is 11.2. The van der Waals surface area contributed by atoms with Crippen LogP contribution in [0.15, 0.2) is 0 Å². The highest BCUT2D eigenvalue weighted by Gasteiger charge is 2.45. The average Bonchev–Trinajstić information content (AvgIpc) is 2.36. The van der Waals surface area contributed by atoms with Gasteiger partial charge in [0.2, 0.25) is 5.91 Å². The molecule has 2 heterocycles. The molecule has 0 bridgehead atoms. The smallest absolute Gasteiger partial charge is 0.253 e. The number of carbonyl (C=O) groups is 2. The molecule has 0 saturated carbocycles. The lowest BCUT2D eigenvalue weighted by Crippen LogP contribution is -2.66. The standard InChI is InChI=1S/C12H21N3O3/c1-12(2)11(17)14(3)5-6-15(12)10(16)9-8-13-4-7-18-9/h9,13H,4-8H2,1-3H3/t9-/m0/s1. The summed E-state index contributed by atoms with van der Waals surface area (Å²) < 4.78 is 5.47. The summed E-state index contributed by atoms with van der Waals surface area (Å²) in [6.07, 6.45) is -0.464. The third-order valence-electron chi connectivity index (χ3n) is 3.67. The van der Waals surface area contributed by atoms with Crippen LogP contribution in [0.4, 0.5) is 0 Å². The van der Waals surface area contributed by atoms with Crippen LogP contribution in [0, 0.1) is 0 Å². The summed E-state index contributed by atoms with van der Waals surface area (Å²) in [5.41, 5.74) is -0.787. The average molecular weight is 255 g/mol. The van der Waals surface area contributed by atoms with E-state index < -0.39 is 11.6 Å². The van der Waals surface area contributed by atoms with Gasteiger partial charge in [-0.3, -0.25) is 9.59 Å². The summed E-state index contributed by atoms with van der Waals surface area (Å²) in [7, 11) is 1.77. The Bertz CT molecular complexity index is 350. The van der Waals surface area contributed by atoms with Crippen LogP contribution >= 0.6 is 0 Å². The molecule has 2 rings (SSSR count). The van der Waals surface area contributed by atoms with Crippen LogP contribution in [0.2, 0.25) is 0 Å². The Labute approximate surface area is 107 Å². The van der Waals surface area contributed by atoms with Crippen molar-refractivity contribution < 1.29 is 14.3 Å². The summed E-state index contributed by atoms with van der Waals surface area (Å²) in [6.45, 7) is 6.56. The van der Waals surface area contributed by atoms with Crippen LogP contribution in [-0.4, -0.2) is 73.1 Å². The van der Waals surface area contributed by atoms with E-state index in [4.69, 9.17) is 4.74 Å². The van der Waals surface area contributed by atoms with Crippen molar-refractivity contribution in [3.8, 4) is 0 Å². The van der Waals surface area contributed by atoms with Crippen LogP contribution in [0.1, 0.15) is 13.8 Å². The highest BCUT2D eigenvalue weighted by Crippen LogP contribution is 2.23. The van der Waals surface area contributed by atoms with Crippen molar-refractivity contribution in [1.29, 1.82) is 0 Å². The molecule has 0 aromatic heterocycles. The molecular formula is C12H21N3O3. The second-order valence-corrected chi connectivity index (χ2v) is 5.34.